The molecule has 0 unspecified atom stereocenters. The monoisotopic (exact) mass is 249 g/mol. The van der Waals surface area contributed by atoms with E-state index in [-0.39, 0.29) is 5.75 Å². The third kappa shape index (κ3) is 2.42. The highest BCUT2D eigenvalue weighted by Crippen LogP contribution is 2.22. The summed E-state index contributed by atoms with van der Waals surface area (Å²) >= 11 is 0. The topological polar surface area (TPSA) is 58.9 Å². The van der Waals surface area contributed by atoms with Gasteiger partial charge in [0.25, 0.3) is 0 Å². The van der Waals surface area contributed by atoms with Crippen LogP contribution in [-0.4, -0.2) is 20.1 Å². The van der Waals surface area contributed by atoms with Gasteiger partial charge in [-0.3, -0.25) is 4.98 Å². The second kappa shape index (κ2) is 4.86. The van der Waals surface area contributed by atoms with Gasteiger partial charge in [-0.1, -0.05) is 0 Å². The van der Waals surface area contributed by atoms with Gasteiger partial charge in [0.1, 0.15) is 5.75 Å². The molecule has 4 heteroatoms. The largest absolute Gasteiger partial charge is 0.508 e. The molecule has 0 aliphatic rings. The fraction of sp³-hybridized carbons (Fsp3) is 0. The van der Waals surface area contributed by atoms with E-state index in [2.05, 4.69) is 15.0 Å². The Labute approximate surface area is 110 Å². The molecule has 0 fully saturated rings. The molecule has 2 aromatic heterocycles. The lowest BCUT2D eigenvalue weighted by Gasteiger charge is -2.04. The fourth-order valence-corrected chi connectivity index (χ4v) is 1.79. The molecule has 0 saturated carbocycles. The van der Waals surface area contributed by atoms with Crippen LogP contribution in [0.2, 0.25) is 0 Å². The number of pyridine rings is 1. The second-order valence-electron chi connectivity index (χ2n) is 4.05. The summed E-state index contributed by atoms with van der Waals surface area (Å²) in [5.41, 5.74) is 2.63. The Bertz CT molecular complexity index is 681. The van der Waals surface area contributed by atoms with Crippen molar-refractivity contribution in [1.82, 2.24) is 15.0 Å². The Kier molecular flexibility index (Phi) is 2.90. The molecule has 2 heterocycles. The summed E-state index contributed by atoms with van der Waals surface area (Å²) < 4.78 is 0. The maximum atomic E-state index is 9.30. The molecular formula is C15H11N3O. The number of nitrogens with zero attached hydrogens (tertiary/aromatic N) is 3. The molecule has 92 valence electrons. The van der Waals surface area contributed by atoms with Crippen molar-refractivity contribution in [3.63, 3.8) is 0 Å². The van der Waals surface area contributed by atoms with Gasteiger partial charge < -0.3 is 5.11 Å². The van der Waals surface area contributed by atoms with Crippen molar-refractivity contribution < 1.29 is 5.11 Å². The third-order valence-corrected chi connectivity index (χ3v) is 2.74. The molecule has 0 amide bonds. The lowest BCUT2D eigenvalue weighted by Crippen LogP contribution is -1.91. The summed E-state index contributed by atoms with van der Waals surface area (Å²) in [6.45, 7) is 0. The molecule has 0 atom stereocenters. The van der Waals surface area contributed by atoms with E-state index in [1.54, 1.807) is 30.7 Å². The molecule has 0 aliphatic carbocycles. The maximum absolute atomic E-state index is 9.30. The number of aromatic hydroxyl groups is 1. The summed E-state index contributed by atoms with van der Waals surface area (Å²) in [7, 11) is 0. The molecule has 4 nitrogen and oxygen atoms in total. The predicted molar refractivity (Wildman–Crippen MR) is 72.4 cm³/mol. The van der Waals surface area contributed by atoms with E-state index in [9.17, 15) is 5.11 Å². The van der Waals surface area contributed by atoms with Crippen LogP contribution >= 0.6 is 0 Å². The van der Waals surface area contributed by atoms with Crippen LogP contribution in [-0.2, 0) is 0 Å². The Morgan fingerprint density at radius 2 is 1.68 bits per heavy atom. The van der Waals surface area contributed by atoms with Gasteiger partial charge in [0.05, 0.1) is 5.69 Å². The molecule has 0 bridgehead atoms. The quantitative estimate of drug-likeness (QED) is 0.758. The van der Waals surface area contributed by atoms with Crippen molar-refractivity contribution in [2.24, 2.45) is 0 Å². The van der Waals surface area contributed by atoms with Gasteiger partial charge in [-0.05, 0) is 42.5 Å². The minimum absolute atomic E-state index is 0.241. The predicted octanol–water partition coefficient (Wildman–Crippen LogP) is 2.91. The second-order valence-corrected chi connectivity index (χ2v) is 4.05. The first kappa shape index (κ1) is 11.3. The molecule has 1 N–H and O–H groups in total. The summed E-state index contributed by atoms with van der Waals surface area (Å²) in [5, 5.41) is 9.30. The lowest BCUT2D eigenvalue weighted by atomic mass is 10.1. The Balaban J connectivity index is 2.03. The van der Waals surface area contributed by atoms with E-state index >= 15 is 0 Å². The zero-order valence-corrected chi connectivity index (χ0v) is 10.1. The molecule has 1 aromatic carbocycles. The number of rotatable bonds is 2. The maximum Gasteiger partial charge on any atom is 0.161 e. The van der Waals surface area contributed by atoms with Gasteiger partial charge in [-0.25, -0.2) is 9.97 Å². The zero-order chi connectivity index (χ0) is 13.1. The molecule has 19 heavy (non-hydrogen) atoms. The number of benzene rings is 1. The van der Waals surface area contributed by atoms with Crippen LogP contribution in [0.5, 0.6) is 5.75 Å². The summed E-state index contributed by atoms with van der Waals surface area (Å²) in [4.78, 5) is 12.8. The minimum atomic E-state index is 0.241. The molecular weight excluding hydrogens is 238 g/mol. The van der Waals surface area contributed by atoms with Crippen LogP contribution in [0, 0.1) is 0 Å². The van der Waals surface area contributed by atoms with Crippen LogP contribution in [0.1, 0.15) is 0 Å². The first-order valence-electron chi connectivity index (χ1n) is 5.86. The van der Waals surface area contributed by atoms with Crippen molar-refractivity contribution in [3.05, 3.63) is 61.1 Å². The number of hydrogen-bond acceptors (Lipinski definition) is 4. The van der Waals surface area contributed by atoms with Crippen molar-refractivity contribution in [1.29, 1.82) is 0 Å². The number of phenols is 1. The van der Waals surface area contributed by atoms with Gasteiger partial charge in [0.15, 0.2) is 5.82 Å². The van der Waals surface area contributed by atoms with Crippen molar-refractivity contribution in [2.45, 2.75) is 0 Å². The van der Waals surface area contributed by atoms with E-state index < -0.39 is 0 Å². The van der Waals surface area contributed by atoms with Crippen LogP contribution in [0.15, 0.2) is 61.1 Å². The van der Waals surface area contributed by atoms with E-state index in [4.69, 9.17) is 0 Å². The number of phenolic OH excluding ortho intramolecular Hbond substituents is 1. The van der Waals surface area contributed by atoms with Crippen LogP contribution in [0.4, 0.5) is 0 Å². The highest BCUT2D eigenvalue weighted by atomic mass is 16.3. The Morgan fingerprint density at radius 1 is 0.842 bits per heavy atom. The van der Waals surface area contributed by atoms with E-state index in [0.717, 1.165) is 16.8 Å². The van der Waals surface area contributed by atoms with Crippen molar-refractivity contribution in [2.75, 3.05) is 0 Å². The van der Waals surface area contributed by atoms with Crippen LogP contribution in [0.25, 0.3) is 22.6 Å². The first-order chi connectivity index (χ1) is 9.33. The average Bonchev–Trinajstić information content (AvgIpc) is 2.49. The SMILES string of the molecule is Oc1ccc(-c2ccnc(-c3cccnc3)n2)cc1. The van der Waals surface area contributed by atoms with Crippen LogP contribution < -0.4 is 0 Å². The van der Waals surface area contributed by atoms with Gasteiger partial charge in [-0.2, -0.15) is 0 Å². The molecule has 0 saturated heterocycles. The van der Waals surface area contributed by atoms with Gasteiger partial charge >= 0.3 is 0 Å². The standard InChI is InChI=1S/C15H11N3O/c19-13-5-3-11(4-6-13)14-7-9-17-15(18-14)12-2-1-8-16-10-12/h1-10,19H. The molecule has 0 radical (unpaired) electrons. The molecule has 0 aliphatic heterocycles. The van der Waals surface area contributed by atoms with E-state index in [1.807, 2.05) is 30.3 Å². The molecule has 3 rings (SSSR count). The fourth-order valence-electron chi connectivity index (χ4n) is 1.79. The minimum Gasteiger partial charge on any atom is -0.508 e. The van der Waals surface area contributed by atoms with E-state index in [1.165, 1.54) is 0 Å². The van der Waals surface area contributed by atoms with Crippen LogP contribution in [0.3, 0.4) is 0 Å². The smallest absolute Gasteiger partial charge is 0.161 e. The lowest BCUT2D eigenvalue weighted by molar-refractivity contribution is 0.475. The molecule has 0 spiro atoms. The van der Waals surface area contributed by atoms with Crippen molar-refractivity contribution in [3.8, 4) is 28.4 Å². The summed E-state index contributed by atoms with van der Waals surface area (Å²) in [5.74, 6) is 0.879. The van der Waals surface area contributed by atoms with Gasteiger partial charge in [0, 0.05) is 29.7 Å². The highest BCUT2D eigenvalue weighted by Gasteiger charge is 2.04. The average molecular weight is 249 g/mol. The summed E-state index contributed by atoms with van der Waals surface area (Å²) in [6, 6.07) is 12.5. The Morgan fingerprint density at radius 3 is 2.42 bits per heavy atom. The summed E-state index contributed by atoms with van der Waals surface area (Å²) in [6.07, 6.45) is 5.17. The third-order valence-electron chi connectivity index (χ3n) is 2.74. The first-order valence-corrected chi connectivity index (χ1v) is 5.86. The van der Waals surface area contributed by atoms with E-state index in [0.29, 0.717) is 5.82 Å². The highest BCUT2D eigenvalue weighted by molar-refractivity contribution is 5.63. The van der Waals surface area contributed by atoms with Gasteiger partial charge in [0.2, 0.25) is 0 Å². The normalized spacial score (nSPS) is 10.3. The molecule has 3 aromatic rings. The van der Waals surface area contributed by atoms with Gasteiger partial charge in [-0.15, -0.1) is 0 Å². The number of aromatic nitrogens is 3. The Hall–Kier alpha value is -2.75. The van der Waals surface area contributed by atoms with Crippen molar-refractivity contribution >= 4 is 0 Å². The number of hydrogen-bond donors (Lipinski definition) is 1. The zero-order valence-electron chi connectivity index (χ0n) is 10.1.